The topological polar surface area (TPSA) is 65.0 Å². The van der Waals surface area contributed by atoms with Crippen molar-refractivity contribution < 1.29 is 23.9 Å². The molecule has 1 aliphatic heterocycles. The first-order chi connectivity index (χ1) is 11.1. The van der Waals surface area contributed by atoms with Gasteiger partial charge in [-0.3, -0.25) is 4.79 Å². The molecule has 2 rings (SSSR count). The lowest BCUT2D eigenvalue weighted by molar-refractivity contribution is -0.143. The van der Waals surface area contributed by atoms with E-state index in [1.165, 1.54) is 12.1 Å². The van der Waals surface area contributed by atoms with Crippen molar-refractivity contribution in [3.63, 3.8) is 0 Å². The normalized spacial score (nSPS) is 20.0. The fourth-order valence-electron chi connectivity index (χ4n) is 2.62. The van der Waals surface area contributed by atoms with Gasteiger partial charge in [0.15, 0.2) is 0 Å². The highest BCUT2D eigenvalue weighted by Crippen LogP contribution is 2.43. The van der Waals surface area contributed by atoms with Crippen LogP contribution >= 0.6 is 11.6 Å². The Balaban J connectivity index is 2.35. The summed E-state index contributed by atoms with van der Waals surface area (Å²) >= 11 is 6.28. The Morgan fingerprint density at radius 1 is 1.29 bits per heavy atom. The average Bonchev–Trinajstić information content (AvgIpc) is 2.65. The molecule has 0 spiro atoms. The van der Waals surface area contributed by atoms with E-state index in [9.17, 15) is 9.90 Å². The molecule has 0 aromatic heterocycles. The molecule has 7 heteroatoms. The van der Waals surface area contributed by atoms with Crippen LogP contribution in [0.25, 0.3) is 0 Å². The van der Waals surface area contributed by atoms with Crippen molar-refractivity contribution in [1.29, 1.82) is 0 Å². The number of aromatic hydroxyl groups is 1. The Kier molecular flexibility index (Phi) is 5.52. The van der Waals surface area contributed by atoms with Gasteiger partial charge in [-0.05, 0) is 52.3 Å². The lowest BCUT2D eigenvalue weighted by Crippen LogP contribution is -2.41. The molecule has 1 heterocycles. The van der Waals surface area contributed by atoms with E-state index in [0.29, 0.717) is 17.2 Å². The molecule has 5 nitrogen and oxygen atoms in total. The molecule has 24 heavy (non-hydrogen) atoms. The predicted molar refractivity (Wildman–Crippen MR) is 93.2 cm³/mol. The van der Waals surface area contributed by atoms with Crippen LogP contribution in [0.2, 0.25) is 5.02 Å². The predicted octanol–water partition coefficient (Wildman–Crippen LogP) is 3.71. The van der Waals surface area contributed by atoms with Crippen LogP contribution in [-0.2, 0) is 18.8 Å². The van der Waals surface area contributed by atoms with Gasteiger partial charge in [0.25, 0.3) is 0 Å². The van der Waals surface area contributed by atoms with Gasteiger partial charge in [-0.2, -0.15) is 0 Å². The van der Waals surface area contributed by atoms with Gasteiger partial charge in [-0.1, -0.05) is 17.7 Å². The van der Waals surface area contributed by atoms with E-state index in [1.807, 2.05) is 27.7 Å². The largest absolute Gasteiger partial charge is 0.508 e. The summed E-state index contributed by atoms with van der Waals surface area (Å²) < 4.78 is 17.3. The minimum Gasteiger partial charge on any atom is -0.508 e. The summed E-state index contributed by atoms with van der Waals surface area (Å²) in [7, 11) is -0.638. The molecule has 1 aromatic carbocycles. The van der Waals surface area contributed by atoms with E-state index in [-0.39, 0.29) is 18.1 Å². The summed E-state index contributed by atoms with van der Waals surface area (Å²) in [5.74, 6) is -0.716. The lowest BCUT2D eigenvalue weighted by atomic mass is 9.66. The molecule has 0 saturated carbocycles. The smallest absolute Gasteiger partial charge is 0.466 e. The Labute approximate surface area is 148 Å². The molecule has 1 aliphatic rings. The zero-order chi connectivity index (χ0) is 18.1. The number of carbonyl (C=O) groups excluding carboxylic acids is 1. The van der Waals surface area contributed by atoms with Gasteiger partial charge in [-0.25, -0.2) is 0 Å². The molecule has 1 aromatic rings. The maximum atomic E-state index is 12.1. The zero-order valence-corrected chi connectivity index (χ0v) is 15.5. The Hall–Kier alpha value is -1.24. The number of esters is 1. The number of halogens is 1. The molecule has 0 bridgehead atoms. The minimum atomic E-state index is -0.638. The van der Waals surface area contributed by atoms with Crippen LogP contribution < -0.4 is 0 Å². The van der Waals surface area contributed by atoms with Crippen LogP contribution in [0.5, 0.6) is 5.75 Å². The van der Waals surface area contributed by atoms with Crippen molar-refractivity contribution in [3.8, 4) is 5.75 Å². The van der Waals surface area contributed by atoms with Crippen molar-refractivity contribution in [2.45, 2.75) is 58.1 Å². The average molecular weight is 355 g/mol. The van der Waals surface area contributed by atoms with Gasteiger partial charge in [0.2, 0.25) is 0 Å². The highest BCUT2D eigenvalue weighted by Gasteiger charge is 2.54. The third-order valence-electron chi connectivity index (χ3n) is 4.68. The highest BCUT2D eigenvalue weighted by atomic mass is 35.5. The molecule has 132 valence electrons. The van der Waals surface area contributed by atoms with Crippen LogP contribution in [0.15, 0.2) is 18.2 Å². The fourth-order valence-corrected chi connectivity index (χ4v) is 2.94. The number of phenols is 1. The monoisotopic (exact) mass is 354 g/mol. The van der Waals surface area contributed by atoms with Crippen molar-refractivity contribution in [1.82, 2.24) is 0 Å². The van der Waals surface area contributed by atoms with E-state index >= 15 is 0 Å². The molecular formula is C17H24BClO5. The van der Waals surface area contributed by atoms with Gasteiger partial charge < -0.3 is 19.2 Å². The van der Waals surface area contributed by atoms with Crippen LogP contribution in [0, 0.1) is 0 Å². The Morgan fingerprint density at radius 2 is 1.88 bits per heavy atom. The number of ether oxygens (including phenoxy) is 1. The molecule has 1 atom stereocenters. The fraction of sp³-hybridized carbons (Fsp3) is 0.588. The lowest BCUT2D eigenvalue weighted by Gasteiger charge is -2.32. The first-order valence-corrected chi connectivity index (χ1v) is 8.45. The maximum Gasteiger partial charge on any atom is 0.466 e. The van der Waals surface area contributed by atoms with Crippen LogP contribution in [-0.4, -0.2) is 36.0 Å². The van der Waals surface area contributed by atoms with Crippen LogP contribution in [0.1, 0.15) is 52.4 Å². The van der Waals surface area contributed by atoms with E-state index in [1.54, 1.807) is 13.0 Å². The summed E-state index contributed by atoms with van der Waals surface area (Å²) in [6.07, 6.45) is 0.0785. The Bertz CT molecular complexity index is 601. The number of rotatable bonds is 5. The molecule has 0 aliphatic carbocycles. The Morgan fingerprint density at radius 3 is 2.38 bits per heavy atom. The second-order valence-electron chi connectivity index (χ2n) is 6.95. The first-order valence-electron chi connectivity index (χ1n) is 8.07. The number of benzene rings is 1. The molecule has 1 N–H and O–H groups in total. The van der Waals surface area contributed by atoms with E-state index in [2.05, 4.69) is 0 Å². The summed E-state index contributed by atoms with van der Waals surface area (Å²) in [5, 5.41) is 9.94. The molecule has 1 saturated heterocycles. The van der Waals surface area contributed by atoms with Crippen molar-refractivity contribution in [3.05, 3.63) is 28.8 Å². The minimum absolute atomic E-state index is 0.0625. The van der Waals surface area contributed by atoms with Gasteiger partial charge in [0.05, 0.1) is 24.2 Å². The standard InChI is InChI=1S/C17H24BClO5/c1-6-22-15(21)10-13(12-8-7-11(20)9-14(12)19)18-23-16(2,3)17(4,5)24-18/h7-9,13,20H,6,10H2,1-5H3. The maximum absolute atomic E-state index is 12.1. The molecule has 0 radical (unpaired) electrons. The first kappa shape index (κ1) is 19.1. The van der Waals surface area contributed by atoms with Crippen molar-refractivity contribution >= 4 is 24.7 Å². The highest BCUT2D eigenvalue weighted by molar-refractivity contribution is 6.48. The quantitative estimate of drug-likeness (QED) is 0.645. The molecule has 0 amide bonds. The molecule has 1 fully saturated rings. The van der Waals surface area contributed by atoms with Crippen molar-refractivity contribution in [2.75, 3.05) is 6.61 Å². The molecule has 1 unspecified atom stereocenters. The van der Waals surface area contributed by atoms with Gasteiger partial charge >= 0.3 is 13.1 Å². The van der Waals surface area contributed by atoms with Crippen molar-refractivity contribution in [2.24, 2.45) is 0 Å². The summed E-state index contributed by atoms with van der Waals surface area (Å²) in [6, 6.07) is 4.66. The number of phenolic OH excluding ortho intramolecular Hbond substituents is 1. The van der Waals surface area contributed by atoms with Crippen LogP contribution in [0.4, 0.5) is 0 Å². The van der Waals surface area contributed by atoms with E-state index < -0.39 is 24.1 Å². The van der Waals surface area contributed by atoms with E-state index in [0.717, 1.165) is 0 Å². The summed E-state index contributed by atoms with van der Waals surface area (Å²) in [5.41, 5.74) is -0.358. The van der Waals surface area contributed by atoms with E-state index in [4.69, 9.17) is 25.6 Å². The number of hydrogen-bond acceptors (Lipinski definition) is 5. The number of hydrogen-bond donors (Lipinski definition) is 1. The summed E-state index contributed by atoms with van der Waals surface area (Å²) in [4.78, 5) is 12.1. The number of carbonyl (C=O) groups is 1. The summed E-state index contributed by atoms with van der Waals surface area (Å²) in [6.45, 7) is 9.87. The zero-order valence-electron chi connectivity index (χ0n) is 14.8. The third-order valence-corrected chi connectivity index (χ3v) is 5.00. The third kappa shape index (κ3) is 3.87. The second-order valence-corrected chi connectivity index (χ2v) is 7.35. The van der Waals surface area contributed by atoms with Gasteiger partial charge in [-0.15, -0.1) is 0 Å². The second kappa shape index (κ2) is 6.94. The van der Waals surface area contributed by atoms with Crippen LogP contribution in [0.3, 0.4) is 0 Å². The van der Waals surface area contributed by atoms with Gasteiger partial charge in [0, 0.05) is 10.8 Å². The van der Waals surface area contributed by atoms with Gasteiger partial charge in [0.1, 0.15) is 5.75 Å². The SMILES string of the molecule is CCOC(=O)CC(B1OC(C)(C)C(C)(C)O1)c1ccc(O)cc1Cl. The molecular weight excluding hydrogens is 330 g/mol.